The van der Waals surface area contributed by atoms with Crippen molar-refractivity contribution in [2.45, 2.75) is 13.0 Å². The zero-order chi connectivity index (χ0) is 16.5. The summed E-state index contributed by atoms with van der Waals surface area (Å²) >= 11 is 0. The first kappa shape index (κ1) is 14.4. The molecule has 0 spiro atoms. The lowest BCUT2D eigenvalue weighted by atomic mass is 10.1. The summed E-state index contributed by atoms with van der Waals surface area (Å²) < 4.78 is 19.7. The molecule has 0 amide bonds. The number of oxazole rings is 1. The van der Waals surface area contributed by atoms with Crippen LogP contribution in [0.15, 0.2) is 47.0 Å². The minimum atomic E-state index is -0.505. The van der Waals surface area contributed by atoms with Gasteiger partial charge < -0.3 is 9.32 Å². The highest BCUT2D eigenvalue weighted by molar-refractivity contribution is 5.61. The van der Waals surface area contributed by atoms with Gasteiger partial charge in [0.1, 0.15) is 34.6 Å². The maximum atomic E-state index is 13.8. The van der Waals surface area contributed by atoms with Crippen LogP contribution in [-0.4, -0.2) is 16.5 Å². The molecule has 0 unspecified atom stereocenters. The summed E-state index contributed by atoms with van der Waals surface area (Å²) in [5.74, 6) is 0.805. The minimum Gasteiger partial charge on any atom is -0.439 e. The Hall–Kier alpha value is -3.20. The summed E-state index contributed by atoms with van der Waals surface area (Å²) in [5.41, 5.74) is 2.14. The van der Waals surface area contributed by atoms with E-state index in [0.29, 0.717) is 36.8 Å². The lowest BCUT2D eigenvalue weighted by molar-refractivity contribution is 0.498. The Balaban J connectivity index is 1.67. The molecule has 3 aromatic rings. The quantitative estimate of drug-likeness (QED) is 0.725. The molecule has 0 radical (unpaired) electrons. The predicted molar refractivity (Wildman–Crippen MR) is 85.6 cm³/mol. The summed E-state index contributed by atoms with van der Waals surface area (Å²) in [6.45, 7) is 1.12. The maximum absolute atomic E-state index is 13.8. The molecule has 118 valence electrons. The highest BCUT2D eigenvalue weighted by atomic mass is 19.1. The number of nitrogens with zero attached hydrogens (tertiary/aromatic N) is 4. The molecule has 4 rings (SSSR count). The van der Waals surface area contributed by atoms with Crippen LogP contribution in [0.4, 0.5) is 10.1 Å². The topological polar surface area (TPSA) is 66.0 Å². The minimum absolute atomic E-state index is 0.0643. The van der Waals surface area contributed by atoms with E-state index >= 15 is 0 Å². The molecule has 0 saturated carbocycles. The molecule has 1 aliphatic heterocycles. The number of hydrogen-bond donors (Lipinski definition) is 0. The molecular formula is C18H13FN4O. The van der Waals surface area contributed by atoms with Gasteiger partial charge in [0.2, 0.25) is 5.89 Å². The SMILES string of the molecule is N#Cc1c(F)cccc1N1CCc2oc(-c3ccccn3)nc2C1. The Morgan fingerprint density at radius 3 is 2.92 bits per heavy atom. The predicted octanol–water partition coefficient (Wildman–Crippen LogP) is 3.31. The summed E-state index contributed by atoms with van der Waals surface area (Å²) in [6, 6.07) is 12.2. The van der Waals surface area contributed by atoms with Gasteiger partial charge in [-0.2, -0.15) is 5.26 Å². The monoisotopic (exact) mass is 320 g/mol. The molecule has 1 aromatic carbocycles. The van der Waals surface area contributed by atoms with Gasteiger partial charge in [-0.15, -0.1) is 0 Å². The fourth-order valence-corrected chi connectivity index (χ4v) is 2.89. The van der Waals surface area contributed by atoms with Crippen LogP contribution in [0.25, 0.3) is 11.6 Å². The molecule has 0 saturated heterocycles. The molecule has 5 nitrogen and oxygen atoms in total. The van der Waals surface area contributed by atoms with Gasteiger partial charge in [0.05, 0.1) is 12.2 Å². The molecule has 0 bridgehead atoms. The van der Waals surface area contributed by atoms with Gasteiger partial charge in [0.15, 0.2) is 0 Å². The highest BCUT2D eigenvalue weighted by Crippen LogP contribution is 2.30. The largest absolute Gasteiger partial charge is 0.439 e. The van der Waals surface area contributed by atoms with Gasteiger partial charge in [0, 0.05) is 19.2 Å². The van der Waals surface area contributed by atoms with Gasteiger partial charge in [0.25, 0.3) is 0 Å². The van der Waals surface area contributed by atoms with Gasteiger partial charge in [-0.3, -0.25) is 4.98 Å². The Bertz CT molecular complexity index is 930. The van der Waals surface area contributed by atoms with Crippen LogP contribution < -0.4 is 4.90 Å². The van der Waals surface area contributed by atoms with Crippen LogP contribution in [-0.2, 0) is 13.0 Å². The normalized spacial score (nSPS) is 13.4. The van der Waals surface area contributed by atoms with Gasteiger partial charge in [-0.05, 0) is 24.3 Å². The van der Waals surface area contributed by atoms with E-state index in [9.17, 15) is 9.65 Å². The molecule has 0 fully saturated rings. The molecule has 6 heteroatoms. The van der Waals surface area contributed by atoms with E-state index < -0.39 is 5.82 Å². The first-order valence-corrected chi connectivity index (χ1v) is 7.60. The third kappa shape index (κ3) is 2.40. The third-order valence-electron chi connectivity index (χ3n) is 4.06. The second-order valence-electron chi connectivity index (χ2n) is 5.52. The number of fused-ring (bicyclic) bond motifs is 1. The first-order valence-electron chi connectivity index (χ1n) is 7.60. The standard InChI is InChI=1S/C18H13FN4O/c19-13-4-3-6-16(12(13)10-20)23-9-7-17-15(11-23)22-18(24-17)14-5-1-2-8-21-14/h1-6,8H,7,9,11H2. The van der Waals surface area contributed by atoms with E-state index in [1.165, 1.54) is 6.07 Å². The zero-order valence-corrected chi connectivity index (χ0v) is 12.7. The van der Waals surface area contributed by atoms with Crippen molar-refractivity contribution in [2.75, 3.05) is 11.4 Å². The molecule has 0 atom stereocenters. The Morgan fingerprint density at radius 1 is 1.21 bits per heavy atom. The van der Waals surface area contributed by atoms with Crippen molar-refractivity contribution in [3.05, 3.63) is 65.4 Å². The smallest absolute Gasteiger partial charge is 0.245 e. The number of nitriles is 1. The molecule has 1 aliphatic rings. The fraction of sp³-hybridized carbons (Fsp3) is 0.167. The average molecular weight is 320 g/mol. The summed E-state index contributed by atoms with van der Waals surface area (Å²) in [6.07, 6.45) is 2.34. The highest BCUT2D eigenvalue weighted by Gasteiger charge is 2.25. The number of benzene rings is 1. The van der Waals surface area contributed by atoms with Crippen LogP contribution >= 0.6 is 0 Å². The Labute approximate surface area is 138 Å². The second-order valence-corrected chi connectivity index (χ2v) is 5.52. The molecule has 2 aromatic heterocycles. The van der Waals surface area contributed by atoms with E-state index in [-0.39, 0.29) is 5.56 Å². The number of aromatic nitrogens is 2. The van der Waals surface area contributed by atoms with Crippen molar-refractivity contribution in [3.8, 4) is 17.7 Å². The van der Waals surface area contributed by atoms with Gasteiger partial charge in [-0.1, -0.05) is 12.1 Å². The lowest BCUT2D eigenvalue weighted by Gasteiger charge is -2.28. The number of anilines is 1. The number of hydrogen-bond acceptors (Lipinski definition) is 5. The molecule has 3 heterocycles. The summed E-state index contributed by atoms with van der Waals surface area (Å²) in [5, 5.41) is 9.22. The van der Waals surface area contributed by atoms with Crippen LogP contribution in [0.1, 0.15) is 17.0 Å². The van der Waals surface area contributed by atoms with Crippen molar-refractivity contribution >= 4 is 5.69 Å². The lowest BCUT2D eigenvalue weighted by Crippen LogP contribution is -2.30. The average Bonchev–Trinajstić information content (AvgIpc) is 3.05. The first-order chi connectivity index (χ1) is 11.8. The van der Waals surface area contributed by atoms with E-state index in [4.69, 9.17) is 4.42 Å². The summed E-state index contributed by atoms with van der Waals surface area (Å²) in [7, 11) is 0. The van der Waals surface area contributed by atoms with Crippen LogP contribution in [0.2, 0.25) is 0 Å². The number of halogens is 1. The van der Waals surface area contributed by atoms with Crippen LogP contribution in [0.3, 0.4) is 0 Å². The Kier molecular flexibility index (Phi) is 3.47. The molecule has 0 N–H and O–H groups in total. The van der Waals surface area contributed by atoms with Gasteiger partial charge in [-0.25, -0.2) is 9.37 Å². The maximum Gasteiger partial charge on any atom is 0.245 e. The van der Waals surface area contributed by atoms with Crippen molar-refractivity contribution in [3.63, 3.8) is 0 Å². The van der Waals surface area contributed by atoms with E-state index in [0.717, 1.165) is 11.5 Å². The number of rotatable bonds is 2. The van der Waals surface area contributed by atoms with Crippen LogP contribution in [0, 0.1) is 17.1 Å². The van der Waals surface area contributed by atoms with Crippen molar-refractivity contribution in [2.24, 2.45) is 0 Å². The van der Waals surface area contributed by atoms with Crippen molar-refractivity contribution in [1.29, 1.82) is 5.26 Å². The number of pyridine rings is 1. The molecule has 24 heavy (non-hydrogen) atoms. The van der Waals surface area contributed by atoms with E-state index in [2.05, 4.69) is 9.97 Å². The zero-order valence-electron chi connectivity index (χ0n) is 12.7. The molecule has 0 aliphatic carbocycles. The summed E-state index contributed by atoms with van der Waals surface area (Å²) in [4.78, 5) is 10.7. The van der Waals surface area contributed by atoms with Crippen LogP contribution in [0.5, 0.6) is 0 Å². The Morgan fingerprint density at radius 2 is 2.12 bits per heavy atom. The van der Waals surface area contributed by atoms with E-state index in [1.807, 2.05) is 29.2 Å². The second kappa shape index (κ2) is 5.78. The van der Waals surface area contributed by atoms with Crippen molar-refractivity contribution in [1.82, 2.24) is 9.97 Å². The fourth-order valence-electron chi connectivity index (χ4n) is 2.89. The van der Waals surface area contributed by atoms with E-state index in [1.54, 1.807) is 18.3 Å². The third-order valence-corrected chi connectivity index (χ3v) is 4.06. The van der Waals surface area contributed by atoms with Gasteiger partial charge >= 0.3 is 0 Å². The van der Waals surface area contributed by atoms with Crippen molar-refractivity contribution < 1.29 is 8.81 Å². The molecular weight excluding hydrogens is 307 g/mol.